The molecular formula is C13H14ClNO4. The molecule has 2 rings (SSSR count). The van der Waals surface area contributed by atoms with Gasteiger partial charge in [-0.15, -0.1) is 0 Å². The van der Waals surface area contributed by atoms with Crippen molar-refractivity contribution in [3.63, 3.8) is 0 Å². The number of aryl methyl sites for hydroxylation is 1. The molecule has 2 unspecified atom stereocenters. The molecule has 0 bridgehead atoms. The molecule has 2 atom stereocenters. The third-order valence-corrected chi connectivity index (χ3v) is 3.65. The Hall–Kier alpha value is -1.59. The summed E-state index contributed by atoms with van der Waals surface area (Å²) in [5.74, 6) is -1.53. The Morgan fingerprint density at radius 1 is 1.42 bits per heavy atom. The summed E-state index contributed by atoms with van der Waals surface area (Å²) >= 11 is 5.96. The van der Waals surface area contributed by atoms with Crippen molar-refractivity contribution < 1.29 is 19.8 Å². The van der Waals surface area contributed by atoms with Crippen molar-refractivity contribution in [3.05, 3.63) is 34.3 Å². The van der Waals surface area contributed by atoms with Crippen molar-refractivity contribution in [1.82, 2.24) is 4.90 Å². The van der Waals surface area contributed by atoms with Crippen molar-refractivity contribution in [2.24, 2.45) is 0 Å². The van der Waals surface area contributed by atoms with E-state index < -0.39 is 24.0 Å². The zero-order valence-corrected chi connectivity index (χ0v) is 11.1. The minimum Gasteiger partial charge on any atom is -0.480 e. The number of nitrogens with zero attached hydrogens (tertiary/aromatic N) is 1. The summed E-state index contributed by atoms with van der Waals surface area (Å²) in [6, 6.07) is 3.84. The standard InChI is InChI=1S/C13H14ClNO4/c1-7-2-3-8(4-10(7)14)12(17)15-6-9(16)5-11(15)13(18)19/h2-4,9,11,16H,5-6H2,1H3,(H,18,19). The van der Waals surface area contributed by atoms with Crippen LogP contribution in [-0.2, 0) is 4.79 Å². The Bertz CT molecular complexity index is 531. The molecule has 0 spiro atoms. The van der Waals surface area contributed by atoms with Gasteiger partial charge in [-0.3, -0.25) is 4.79 Å². The molecule has 1 fully saturated rings. The Labute approximate surface area is 115 Å². The zero-order valence-electron chi connectivity index (χ0n) is 10.3. The summed E-state index contributed by atoms with van der Waals surface area (Å²) in [7, 11) is 0. The van der Waals surface area contributed by atoms with Crippen molar-refractivity contribution >= 4 is 23.5 Å². The van der Waals surface area contributed by atoms with Crippen molar-refractivity contribution in [1.29, 1.82) is 0 Å². The highest BCUT2D eigenvalue weighted by Crippen LogP contribution is 2.23. The lowest BCUT2D eigenvalue weighted by molar-refractivity contribution is -0.141. The second kappa shape index (κ2) is 5.19. The van der Waals surface area contributed by atoms with Gasteiger partial charge in [-0.2, -0.15) is 0 Å². The number of likely N-dealkylation sites (tertiary alicyclic amines) is 1. The molecule has 1 aliphatic rings. The van der Waals surface area contributed by atoms with E-state index in [1.54, 1.807) is 12.1 Å². The van der Waals surface area contributed by atoms with Crippen LogP contribution in [0.1, 0.15) is 22.3 Å². The van der Waals surface area contributed by atoms with E-state index in [0.29, 0.717) is 10.6 Å². The summed E-state index contributed by atoms with van der Waals surface area (Å²) in [5, 5.41) is 19.1. The fourth-order valence-corrected chi connectivity index (χ4v) is 2.34. The van der Waals surface area contributed by atoms with Crippen LogP contribution in [0, 0.1) is 6.92 Å². The lowest BCUT2D eigenvalue weighted by Crippen LogP contribution is -2.40. The Morgan fingerprint density at radius 3 is 2.68 bits per heavy atom. The second-order valence-electron chi connectivity index (χ2n) is 4.67. The number of carboxylic acid groups (broad SMARTS) is 1. The van der Waals surface area contributed by atoms with Gasteiger partial charge in [-0.1, -0.05) is 17.7 Å². The number of hydrogen-bond acceptors (Lipinski definition) is 3. The van der Waals surface area contributed by atoms with Crippen LogP contribution in [-0.4, -0.2) is 45.7 Å². The number of aliphatic hydroxyl groups excluding tert-OH is 1. The van der Waals surface area contributed by atoms with Crippen LogP contribution in [0.2, 0.25) is 5.02 Å². The summed E-state index contributed by atoms with van der Waals surface area (Å²) in [4.78, 5) is 24.5. The molecule has 1 aliphatic heterocycles. The maximum absolute atomic E-state index is 12.3. The number of rotatable bonds is 2. The first-order valence-corrected chi connectivity index (χ1v) is 6.26. The van der Waals surface area contributed by atoms with E-state index in [1.165, 1.54) is 11.0 Å². The third-order valence-electron chi connectivity index (χ3n) is 3.24. The number of carbonyl (C=O) groups is 2. The SMILES string of the molecule is Cc1ccc(C(=O)N2CC(O)CC2C(=O)O)cc1Cl. The third kappa shape index (κ3) is 2.72. The first-order valence-electron chi connectivity index (χ1n) is 5.88. The minimum atomic E-state index is -1.11. The van der Waals surface area contributed by atoms with Crippen molar-refractivity contribution in [2.75, 3.05) is 6.54 Å². The van der Waals surface area contributed by atoms with E-state index >= 15 is 0 Å². The van der Waals surface area contributed by atoms with Crippen LogP contribution in [0.4, 0.5) is 0 Å². The number of hydrogen-bond donors (Lipinski definition) is 2. The summed E-state index contributed by atoms with van der Waals surface area (Å²) in [5.41, 5.74) is 1.17. The molecule has 1 saturated heterocycles. The monoisotopic (exact) mass is 283 g/mol. The van der Waals surface area contributed by atoms with Crippen molar-refractivity contribution in [3.8, 4) is 0 Å². The average molecular weight is 284 g/mol. The van der Waals surface area contributed by atoms with E-state index in [9.17, 15) is 14.7 Å². The largest absolute Gasteiger partial charge is 0.480 e. The number of amides is 1. The van der Waals surface area contributed by atoms with E-state index in [0.717, 1.165) is 5.56 Å². The molecule has 0 saturated carbocycles. The topological polar surface area (TPSA) is 77.8 Å². The molecule has 102 valence electrons. The predicted molar refractivity (Wildman–Crippen MR) is 69.3 cm³/mol. The molecule has 6 heteroatoms. The lowest BCUT2D eigenvalue weighted by Gasteiger charge is -2.21. The Morgan fingerprint density at radius 2 is 2.11 bits per heavy atom. The normalized spacial score (nSPS) is 22.6. The maximum atomic E-state index is 12.3. The Balaban J connectivity index is 2.27. The van der Waals surface area contributed by atoms with Gasteiger partial charge in [-0.05, 0) is 24.6 Å². The van der Waals surface area contributed by atoms with Crippen LogP contribution in [0.3, 0.4) is 0 Å². The van der Waals surface area contributed by atoms with Gasteiger partial charge in [-0.25, -0.2) is 4.79 Å². The van der Waals surface area contributed by atoms with Gasteiger partial charge < -0.3 is 15.1 Å². The molecule has 1 aromatic rings. The van der Waals surface area contributed by atoms with Crippen LogP contribution in [0.15, 0.2) is 18.2 Å². The molecule has 1 aromatic carbocycles. The summed E-state index contributed by atoms with van der Waals surface area (Å²) < 4.78 is 0. The van der Waals surface area contributed by atoms with Gasteiger partial charge in [0, 0.05) is 23.6 Å². The van der Waals surface area contributed by atoms with Gasteiger partial charge in [0.05, 0.1) is 6.10 Å². The van der Waals surface area contributed by atoms with Crippen molar-refractivity contribution in [2.45, 2.75) is 25.5 Å². The van der Waals surface area contributed by atoms with Gasteiger partial charge in [0.1, 0.15) is 6.04 Å². The van der Waals surface area contributed by atoms with Gasteiger partial charge in [0.2, 0.25) is 0 Å². The smallest absolute Gasteiger partial charge is 0.326 e. The molecule has 1 amide bonds. The van der Waals surface area contributed by atoms with Crippen LogP contribution in [0.5, 0.6) is 0 Å². The highest BCUT2D eigenvalue weighted by atomic mass is 35.5. The minimum absolute atomic E-state index is 0.0291. The van der Waals surface area contributed by atoms with E-state index in [-0.39, 0.29) is 13.0 Å². The van der Waals surface area contributed by atoms with E-state index in [2.05, 4.69) is 0 Å². The molecular weight excluding hydrogens is 270 g/mol. The fraction of sp³-hybridized carbons (Fsp3) is 0.385. The molecule has 0 aliphatic carbocycles. The average Bonchev–Trinajstić information content (AvgIpc) is 2.74. The highest BCUT2D eigenvalue weighted by Gasteiger charge is 2.39. The Kier molecular flexibility index (Phi) is 3.78. The zero-order chi connectivity index (χ0) is 14.2. The first kappa shape index (κ1) is 13.8. The van der Waals surface area contributed by atoms with Crippen LogP contribution in [0.25, 0.3) is 0 Å². The van der Waals surface area contributed by atoms with Crippen LogP contribution < -0.4 is 0 Å². The predicted octanol–water partition coefficient (Wildman–Crippen LogP) is 1.31. The summed E-state index contributed by atoms with van der Waals surface area (Å²) in [6.45, 7) is 1.84. The van der Waals surface area contributed by atoms with Gasteiger partial charge in [0.25, 0.3) is 5.91 Å². The fourth-order valence-electron chi connectivity index (χ4n) is 2.16. The molecule has 2 N–H and O–H groups in total. The van der Waals surface area contributed by atoms with Gasteiger partial charge in [0.15, 0.2) is 0 Å². The number of carbonyl (C=O) groups excluding carboxylic acids is 1. The molecule has 5 nitrogen and oxygen atoms in total. The quantitative estimate of drug-likeness (QED) is 0.858. The van der Waals surface area contributed by atoms with E-state index in [1.807, 2.05) is 6.92 Å². The number of β-amino-alcohol motifs (C(OH)–C–C–N with tert-alkyl or cyclic N) is 1. The van der Waals surface area contributed by atoms with Gasteiger partial charge >= 0.3 is 5.97 Å². The number of carboxylic acids is 1. The first-order chi connectivity index (χ1) is 8.90. The molecule has 0 radical (unpaired) electrons. The number of aliphatic hydroxyl groups is 1. The maximum Gasteiger partial charge on any atom is 0.326 e. The van der Waals surface area contributed by atoms with Crippen LogP contribution >= 0.6 is 11.6 Å². The van der Waals surface area contributed by atoms with E-state index in [4.69, 9.17) is 16.7 Å². The summed E-state index contributed by atoms with van der Waals surface area (Å²) in [6.07, 6.45) is -0.744. The lowest BCUT2D eigenvalue weighted by atomic mass is 10.1. The molecule has 1 heterocycles. The number of halogens is 1. The molecule has 19 heavy (non-hydrogen) atoms. The number of benzene rings is 1. The molecule has 0 aromatic heterocycles. The second-order valence-corrected chi connectivity index (χ2v) is 5.07. The number of aliphatic carboxylic acids is 1. The highest BCUT2D eigenvalue weighted by molar-refractivity contribution is 6.31.